The van der Waals surface area contributed by atoms with Crippen LogP contribution in [0.25, 0.3) is 0 Å². The third-order valence-corrected chi connectivity index (χ3v) is 7.57. The van der Waals surface area contributed by atoms with Crippen molar-refractivity contribution in [1.29, 1.82) is 0 Å². The third kappa shape index (κ3) is 4.38. The summed E-state index contributed by atoms with van der Waals surface area (Å²) >= 11 is 0. The van der Waals surface area contributed by atoms with E-state index in [1.807, 2.05) is 0 Å². The first kappa shape index (κ1) is 23.5. The Hall–Kier alpha value is -3.20. The van der Waals surface area contributed by atoms with E-state index in [0.717, 1.165) is 6.26 Å². The molecule has 0 radical (unpaired) electrons. The third-order valence-electron chi connectivity index (χ3n) is 5.55. The van der Waals surface area contributed by atoms with Gasteiger partial charge in [0.15, 0.2) is 14.6 Å². The minimum atomic E-state index is -3.87. The summed E-state index contributed by atoms with van der Waals surface area (Å²) in [7, 11) is -3.87. The molecule has 9 nitrogen and oxygen atoms in total. The van der Waals surface area contributed by atoms with Gasteiger partial charge in [0.2, 0.25) is 0 Å². The number of carbonyl (C=O) groups is 2. The van der Waals surface area contributed by atoms with E-state index in [0.29, 0.717) is 16.8 Å². The van der Waals surface area contributed by atoms with E-state index in [1.54, 1.807) is 12.1 Å². The number of hydrogen-bond acceptors (Lipinski definition) is 6. The summed E-state index contributed by atoms with van der Waals surface area (Å²) < 4.78 is 37.6. The molecule has 0 saturated carbocycles. The van der Waals surface area contributed by atoms with Crippen molar-refractivity contribution in [3.63, 3.8) is 0 Å². The summed E-state index contributed by atoms with van der Waals surface area (Å²) in [6.07, 6.45) is 2.19. The van der Waals surface area contributed by atoms with Crippen LogP contribution in [0.15, 0.2) is 30.5 Å². The van der Waals surface area contributed by atoms with Crippen LogP contribution >= 0.6 is 0 Å². The molecule has 1 aliphatic heterocycles. The SMILES string of the molecule is C[C@@](CCN1Cc2cc(C#Cc3ccc(CO)cc3F)cn2C1=O)(C(=O)NO)S(C)(=O)=O. The number of aliphatic hydroxyl groups is 1. The maximum absolute atomic E-state index is 14.0. The maximum Gasteiger partial charge on any atom is 0.328 e. The first-order chi connectivity index (χ1) is 15.0. The molecule has 2 heterocycles. The Morgan fingerprint density at radius 2 is 2.03 bits per heavy atom. The van der Waals surface area contributed by atoms with Crippen LogP contribution in [0, 0.1) is 17.7 Å². The number of sulfone groups is 1. The van der Waals surface area contributed by atoms with Crippen molar-refractivity contribution >= 4 is 21.8 Å². The standard InChI is InChI=1S/C21H22FN3O6S/c1-21(19(27)23-29,32(2,30)31)7-8-24-12-17-9-14(11-25(17)20(24)28)3-5-16-6-4-15(13-26)10-18(16)22/h4,6,9-11,26,29H,7-8,12-13H2,1-2H3,(H,23,27)/t21-/m1/s1. The van der Waals surface area contributed by atoms with Gasteiger partial charge in [-0.05, 0) is 37.1 Å². The second-order valence-corrected chi connectivity index (χ2v) is 10.2. The van der Waals surface area contributed by atoms with Gasteiger partial charge >= 0.3 is 6.03 Å². The van der Waals surface area contributed by atoms with Gasteiger partial charge in [0, 0.05) is 30.3 Å². The zero-order chi connectivity index (χ0) is 23.7. The van der Waals surface area contributed by atoms with Crippen LogP contribution in [0.2, 0.25) is 0 Å². The monoisotopic (exact) mass is 463 g/mol. The van der Waals surface area contributed by atoms with E-state index in [2.05, 4.69) is 11.8 Å². The fraction of sp³-hybridized carbons (Fsp3) is 0.333. The number of hydroxylamine groups is 1. The first-order valence-electron chi connectivity index (χ1n) is 9.56. The van der Waals surface area contributed by atoms with Crippen LogP contribution in [0.3, 0.4) is 0 Å². The zero-order valence-electron chi connectivity index (χ0n) is 17.4. The Morgan fingerprint density at radius 1 is 1.31 bits per heavy atom. The summed E-state index contributed by atoms with van der Waals surface area (Å²) in [6.45, 7) is 1.07. The van der Waals surface area contributed by atoms with Crippen molar-refractivity contribution in [1.82, 2.24) is 14.9 Å². The molecule has 1 aromatic carbocycles. The molecule has 3 N–H and O–H groups in total. The molecule has 3 rings (SSSR count). The number of aromatic nitrogens is 1. The van der Waals surface area contributed by atoms with Crippen LogP contribution in [0.5, 0.6) is 0 Å². The lowest BCUT2D eigenvalue weighted by atomic mass is 10.1. The van der Waals surface area contributed by atoms with Crippen molar-refractivity contribution in [2.24, 2.45) is 0 Å². The molecule has 0 fully saturated rings. The van der Waals surface area contributed by atoms with E-state index in [4.69, 9.17) is 10.3 Å². The van der Waals surface area contributed by atoms with Crippen LogP contribution in [-0.4, -0.2) is 57.7 Å². The van der Waals surface area contributed by atoms with Crippen molar-refractivity contribution in [2.45, 2.75) is 31.2 Å². The molecular weight excluding hydrogens is 441 g/mol. The highest BCUT2D eigenvalue weighted by Gasteiger charge is 2.44. The van der Waals surface area contributed by atoms with E-state index < -0.39 is 32.3 Å². The quantitative estimate of drug-likeness (QED) is 0.333. The minimum absolute atomic E-state index is 0.0269. The minimum Gasteiger partial charge on any atom is -0.392 e. The van der Waals surface area contributed by atoms with Crippen LogP contribution < -0.4 is 5.48 Å². The number of rotatable bonds is 6. The summed E-state index contributed by atoms with van der Waals surface area (Å²) in [5.41, 5.74) is 3.08. The molecule has 2 amide bonds. The molecule has 0 aliphatic carbocycles. The van der Waals surface area contributed by atoms with Crippen molar-refractivity contribution in [3.05, 3.63) is 58.7 Å². The molecule has 2 aromatic rings. The van der Waals surface area contributed by atoms with Crippen molar-refractivity contribution in [3.8, 4) is 11.8 Å². The van der Waals surface area contributed by atoms with E-state index >= 15 is 0 Å². The number of carbonyl (C=O) groups excluding carboxylic acids is 2. The van der Waals surface area contributed by atoms with Crippen molar-refractivity contribution in [2.75, 3.05) is 12.8 Å². The van der Waals surface area contributed by atoms with E-state index in [1.165, 1.54) is 40.2 Å². The Balaban J connectivity index is 1.73. The Bertz CT molecular complexity index is 1240. The smallest absolute Gasteiger partial charge is 0.328 e. The highest BCUT2D eigenvalue weighted by molar-refractivity contribution is 7.92. The highest BCUT2D eigenvalue weighted by Crippen LogP contribution is 2.25. The molecule has 0 saturated heterocycles. The number of nitrogens with one attached hydrogen (secondary N) is 1. The fourth-order valence-corrected chi connectivity index (χ4v) is 4.14. The number of hydrogen-bond donors (Lipinski definition) is 3. The molecule has 0 unspecified atom stereocenters. The number of halogens is 1. The van der Waals surface area contributed by atoms with Gasteiger partial charge in [-0.2, -0.15) is 0 Å². The van der Waals surface area contributed by atoms with E-state index in [9.17, 15) is 22.4 Å². The molecule has 11 heteroatoms. The van der Waals surface area contributed by atoms with Gasteiger partial charge in [0.05, 0.1) is 18.7 Å². The summed E-state index contributed by atoms with van der Waals surface area (Å²) in [6, 6.07) is 5.49. The van der Waals surface area contributed by atoms with Gasteiger partial charge in [-0.25, -0.2) is 23.1 Å². The largest absolute Gasteiger partial charge is 0.392 e. The van der Waals surface area contributed by atoms with Crippen LogP contribution in [-0.2, 0) is 27.8 Å². The zero-order valence-corrected chi connectivity index (χ0v) is 18.2. The Morgan fingerprint density at radius 3 is 2.59 bits per heavy atom. The summed E-state index contributed by atoms with van der Waals surface area (Å²) in [5, 5.41) is 17.9. The number of aliphatic hydroxyl groups excluding tert-OH is 1. The van der Waals surface area contributed by atoms with Gasteiger partial charge in [-0.1, -0.05) is 17.9 Å². The van der Waals surface area contributed by atoms with Gasteiger partial charge in [0.25, 0.3) is 5.91 Å². The fourth-order valence-electron chi connectivity index (χ4n) is 3.30. The Labute approximate surface area is 184 Å². The lowest BCUT2D eigenvalue weighted by molar-refractivity contribution is -0.131. The predicted octanol–water partition coefficient (Wildman–Crippen LogP) is 1.00. The molecule has 1 aromatic heterocycles. The molecule has 0 bridgehead atoms. The normalized spacial score (nSPS) is 15.0. The average molecular weight is 463 g/mol. The average Bonchev–Trinajstić information content (AvgIpc) is 3.28. The molecule has 32 heavy (non-hydrogen) atoms. The first-order valence-corrected chi connectivity index (χ1v) is 11.5. The van der Waals surface area contributed by atoms with Gasteiger partial charge in [-0.3, -0.25) is 14.6 Å². The number of benzene rings is 1. The van der Waals surface area contributed by atoms with Crippen molar-refractivity contribution < 1.29 is 32.7 Å². The molecule has 1 aliphatic rings. The molecule has 170 valence electrons. The van der Waals surface area contributed by atoms with Gasteiger partial charge in [-0.15, -0.1) is 0 Å². The highest BCUT2D eigenvalue weighted by atomic mass is 32.2. The molecule has 1 atom stereocenters. The Kier molecular flexibility index (Phi) is 6.41. The summed E-state index contributed by atoms with van der Waals surface area (Å²) in [5.74, 6) is 3.87. The lowest BCUT2D eigenvalue weighted by Gasteiger charge is -2.27. The predicted molar refractivity (Wildman–Crippen MR) is 112 cm³/mol. The topological polar surface area (TPSA) is 129 Å². The van der Waals surface area contributed by atoms with E-state index in [-0.39, 0.29) is 31.7 Å². The van der Waals surface area contributed by atoms with Gasteiger partial charge in [0.1, 0.15) is 5.82 Å². The number of fused-ring (bicyclic) bond motifs is 1. The second-order valence-electron chi connectivity index (χ2n) is 7.71. The summed E-state index contributed by atoms with van der Waals surface area (Å²) in [4.78, 5) is 26.0. The molecular formula is C21H22FN3O6S. The second kappa shape index (κ2) is 8.74. The van der Waals surface area contributed by atoms with Gasteiger partial charge < -0.3 is 10.0 Å². The number of nitrogens with zero attached hydrogens (tertiary/aromatic N) is 2. The lowest BCUT2D eigenvalue weighted by Crippen LogP contribution is -2.50. The number of amides is 2. The maximum atomic E-state index is 14.0. The van der Waals surface area contributed by atoms with Crippen LogP contribution in [0.1, 0.15) is 35.7 Å². The van der Waals surface area contributed by atoms with Crippen LogP contribution in [0.4, 0.5) is 9.18 Å². The molecule has 0 spiro atoms.